The van der Waals surface area contributed by atoms with Gasteiger partial charge >= 0.3 is 0 Å². The summed E-state index contributed by atoms with van der Waals surface area (Å²) in [5.41, 5.74) is 0.912. The highest BCUT2D eigenvalue weighted by molar-refractivity contribution is 5.94. The van der Waals surface area contributed by atoms with Gasteiger partial charge in [0.05, 0.1) is 24.5 Å². The predicted octanol–water partition coefficient (Wildman–Crippen LogP) is 3.38. The Labute approximate surface area is 120 Å². The van der Waals surface area contributed by atoms with Crippen molar-refractivity contribution in [1.82, 2.24) is 0 Å². The summed E-state index contributed by atoms with van der Waals surface area (Å²) in [5, 5.41) is 12.5. The van der Waals surface area contributed by atoms with Crippen molar-refractivity contribution in [3.8, 4) is 0 Å². The lowest BCUT2D eigenvalue weighted by molar-refractivity contribution is -0.121. The van der Waals surface area contributed by atoms with Gasteiger partial charge in [-0.25, -0.2) is 0 Å². The highest BCUT2D eigenvalue weighted by atomic mass is 16.6. The second-order valence-corrected chi connectivity index (χ2v) is 5.85. The molecule has 0 saturated carbocycles. The van der Waals surface area contributed by atoms with Gasteiger partial charge < -0.3 is 14.7 Å². The van der Waals surface area contributed by atoms with E-state index >= 15 is 0 Å². The molecule has 1 aromatic rings. The Hall–Kier alpha value is -1.39. The van der Waals surface area contributed by atoms with Gasteiger partial charge in [0.2, 0.25) is 0 Å². The summed E-state index contributed by atoms with van der Waals surface area (Å²) < 4.78 is 11.9. The zero-order valence-corrected chi connectivity index (χ0v) is 12.4. The monoisotopic (exact) mass is 277 g/mol. The van der Waals surface area contributed by atoms with E-state index < -0.39 is 5.60 Å². The van der Waals surface area contributed by atoms with E-state index in [0.717, 1.165) is 12.0 Å². The quantitative estimate of drug-likeness (QED) is 0.663. The van der Waals surface area contributed by atoms with Crippen LogP contribution in [0.15, 0.2) is 35.5 Å². The van der Waals surface area contributed by atoms with Gasteiger partial charge in [0.25, 0.3) is 0 Å². The molecule has 0 aliphatic carbocycles. The van der Waals surface area contributed by atoms with E-state index in [2.05, 4.69) is 12.1 Å². The minimum Gasteiger partial charge on any atom is -0.411 e. The van der Waals surface area contributed by atoms with Crippen LogP contribution in [0.3, 0.4) is 0 Å². The topological polar surface area (TPSA) is 51.0 Å². The molecule has 1 aliphatic heterocycles. The zero-order chi connectivity index (χ0) is 14.6. The Balaban J connectivity index is 1.96. The number of hydrogen-bond acceptors (Lipinski definition) is 4. The SMILES string of the molecule is CCC1(COCc2ccccc2)C/C(=N/O)C(C)(C)O1. The van der Waals surface area contributed by atoms with Gasteiger partial charge in [-0.15, -0.1) is 0 Å². The van der Waals surface area contributed by atoms with Crippen LogP contribution in [-0.2, 0) is 16.1 Å². The molecule has 1 fully saturated rings. The number of nitrogens with zero attached hydrogens (tertiary/aromatic N) is 1. The van der Waals surface area contributed by atoms with Crippen LogP contribution in [-0.4, -0.2) is 28.7 Å². The molecule has 0 amide bonds. The molecule has 1 N–H and O–H groups in total. The molecule has 1 atom stereocenters. The van der Waals surface area contributed by atoms with Crippen molar-refractivity contribution in [2.75, 3.05) is 6.61 Å². The fraction of sp³-hybridized carbons (Fsp3) is 0.562. The van der Waals surface area contributed by atoms with Crippen LogP contribution in [0.1, 0.15) is 39.2 Å². The van der Waals surface area contributed by atoms with E-state index in [4.69, 9.17) is 14.7 Å². The maximum absolute atomic E-state index is 9.10. The van der Waals surface area contributed by atoms with Crippen LogP contribution < -0.4 is 0 Å². The van der Waals surface area contributed by atoms with Gasteiger partial charge in [-0.2, -0.15) is 0 Å². The first-order chi connectivity index (χ1) is 9.51. The number of oxime groups is 1. The van der Waals surface area contributed by atoms with Crippen molar-refractivity contribution >= 4 is 5.71 Å². The summed E-state index contributed by atoms with van der Waals surface area (Å²) in [4.78, 5) is 0. The molecule has 1 aliphatic rings. The Bertz CT molecular complexity index is 470. The summed E-state index contributed by atoms with van der Waals surface area (Å²) in [6.45, 7) is 6.99. The van der Waals surface area contributed by atoms with Gasteiger partial charge in [0, 0.05) is 6.42 Å². The predicted molar refractivity (Wildman–Crippen MR) is 78.1 cm³/mol. The summed E-state index contributed by atoms with van der Waals surface area (Å²) in [5.74, 6) is 0. The van der Waals surface area contributed by atoms with Crippen molar-refractivity contribution in [2.24, 2.45) is 5.16 Å². The number of benzene rings is 1. The molecule has 4 heteroatoms. The van der Waals surface area contributed by atoms with Crippen LogP contribution in [0.5, 0.6) is 0 Å². The largest absolute Gasteiger partial charge is 0.411 e. The Morgan fingerprint density at radius 2 is 2.00 bits per heavy atom. The molecule has 110 valence electrons. The third-order valence-corrected chi connectivity index (χ3v) is 3.90. The Morgan fingerprint density at radius 1 is 1.30 bits per heavy atom. The first-order valence-electron chi connectivity index (χ1n) is 7.04. The minimum absolute atomic E-state index is 0.389. The maximum Gasteiger partial charge on any atom is 0.105 e. The summed E-state index contributed by atoms with van der Waals surface area (Å²) in [6, 6.07) is 10.1. The fourth-order valence-electron chi connectivity index (χ4n) is 2.62. The van der Waals surface area contributed by atoms with E-state index in [-0.39, 0.29) is 5.60 Å². The molecular formula is C16H23NO3. The molecule has 0 bridgehead atoms. The van der Waals surface area contributed by atoms with Gasteiger partial charge in [0.1, 0.15) is 5.60 Å². The van der Waals surface area contributed by atoms with Gasteiger partial charge in [-0.1, -0.05) is 42.4 Å². The van der Waals surface area contributed by atoms with E-state index in [9.17, 15) is 0 Å². The fourth-order valence-corrected chi connectivity index (χ4v) is 2.62. The zero-order valence-electron chi connectivity index (χ0n) is 12.4. The number of rotatable bonds is 5. The molecule has 20 heavy (non-hydrogen) atoms. The Morgan fingerprint density at radius 3 is 2.55 bits per heavy atom. The molecule has 2 rings (SSSR count). The smallest absolute Gasteiger partial charge is 0.105 e. The first kappa shape index (κ1) is 15.0. The molecule has 0 radical (unpaired) electrons. The molecule has 4 nitrogen and oxygen atoms in total. The summed E-state index contributed by atoms with van der Waals surface area (Å²) >= 11 is 0. The lowest BCUT2D eigenvalue weighted by atomic mass is 9.94. The van der Waals surface area contributed by atoms with Crippen LogP contribution in [0.2, 0.25) is 0 Å². The summed E-state index contributed by atoms with van der Waals surface area (Å²) in [7, 11) is 0. The van der Waals surface area contributed by atoms with Gasteiger partial charge in [-0.3, -0.25) is 0 Å². The highest BCUT2D eigenvalue weighted by Gasteiger charge is 2.48. The second kappa shape index (κ2) is 5.94. The van der Waals surface area contributed by atoms with E-state index in [0.29, 0.717) is 25.3 Å². The van der Waals surface area contributed by atoms with Crippen molar-refractivity contribution in [2.45, 2.75) is 51.4 Å². The lowest BCUT2D eigenvalue weighted by Gasteiger charge is -2.29. The van der Waals surface area contributed by atoms with Crippen molar-refractivity contribution in [3.63, 3.8) is 0 Å². The average molecular weight is 277 g/mol. The third kappa shape index (κ3) is 3.19. The lowest BCUT2D eigenvalue weighted by Crippen LogP contribution is -2.36. The molecule has 1 saturated heterocycles. The third-order valence-electron chi connectivity index (χ3n) is 3.90. The second-order valence-electron chi connectivity index (χ2n) is 5.85. The molecule has 1 aromatic carbocycles. The maximum atomic E-state index is 9.10. The summed E-state index contributed by atoms with van der Waals surface area (Å²) in [6.07, 6.45) is 1.44. The van der Waals surface area contributed by atoms with Gasteiger partial charge in [0.15, 0.2) is 0 Å². The molecule has 0 spiro atoms. The van der Waals surface area contributed by atoms with Gasteiger partial charge in [-0.05, 0) is 25.8 Å². The van der Waals surface area contributed by atoms with E-state index in [1.807, 2.05) is 44.2 Å². The van der Waals surface area contributed by atoms with Crippen LogP contribution in [0.4, 0.5) is 0 Å². The molecule has 1 heterocycles. The standard InChI is InChI=1S/C16H23NO3/c1-4-16(10-14(17-18)15(2,3)20-16)12-19-11-13-8-6-5-7-9-13/h5-9,18H,4,10-12H2,1-3H3/b17-14-. The van der Waals surface area contributed by atoms with Crippen molar-refractivity contribution in [3.05, 3.63) is 35.9 Å². The average Bonchev–Trinajstić information content (AvgIpc) is 2.71. The molecule has 1 unspecified atom stereocenters. The van der Waals surface area contributed by atoms with E-state index in [1.54, 1.807) is 0 Å². The Kier molecular flexibility index (Phi) is 4.45. The first-order valence-corrected chi connectivity index (χ1v) is 7.04. The van der Waals surface area contributed by atoms with Crippen LogP contribution in [0, 0.1) is 0 Å². The van der Waals surface area contributed by atoms with Crippen LogP contribution >= 0.6 is 0 Å². The number of ether oxygens (including phenoxy) is 2. The molecule has 0 aromatic heterocycles. The van der Waals surface area contributed by atoms with Crippen molar-refractivity contribution in [1.29, 1.82) is 0 Å². The van der Waals surface area contributed by atoms with E-state index in [1.165, 1.54) is 0 Å². The molecular weight excluding hydrogens is 254 g/mol. The van der Waals surface area contributed by atoms with Crippen LogP contribution in [0.25, 0.3) is 0 Å². The van der Waals surface area contributed by atoms with Crippen molar-refractivity contribution < 1.29 is 14.7 Å². The number of hydrogen-bond donors (Lipinski definition) is 1. The highest BCUT2D eigenvalue weighted by Crippen LogP contribution is 2.38. The normalized spacial score (nSPS) is 27.1. The minimum atomic E-state index is -0.527.